The predicted molar refractivity (Wildman–Crippen MR) is 105 cm³/mol. The van der Waals surface area contributed by atoms with Crippen molar-refractivity contribution >= 4 is 35.4 Å². The van der Waals surface area contributed by atoms with Crippen LogP contribution >= 0.6 is 0 Å². The van der Waals surface area contributed by atoms with E-state index in [4.69, 9.17) is 9.84 Å². The minimum absolute atomic E-state index is 0.175. The third-order valence-corrected chi connectivity index (χ3v) is 4.10. The van der Waals surface area contributed by atoms with Crippen molar-refractivity contribution in [1.82, 2.24) is 0 Å². The van der Waals surface area contributed by atoms with Crippen molar-refractivity contribution in [3.05, 3.63) is 52.7 Å². The van der Waals surface area contributed by atoms with Crippen LogP contribution in [0, 0.1) is 0 Å². The highest BCUT2D eigenvalue weighted by Crippen LogP contribution is 2.38. The van der Waals surface area contributed by atoms with E-state index in [1.807, 2.05) is 0 Å². The first-order chi connectivity index (χ1) is 13.3. The average Bonchev–Trinajstić information content (AvgIpc) is 2.64. The first-order valence-electron chi connectivity index (χ1n) is 8.24. The van der Waals surface area contributed by atoms with Crippen LogP contribution in [0.5, 0.6) is 17.2 Å². The summed E-state index contributed by atoms with van der Waals surface area (Å²) in [7, 11) is 1.39. The molecule has 0 spiro atoms. The van der Waals surface area contributed by atoms with Crippen molar-refractivity contribution in [3.63, 3.8) is 0 Å². The minimum atomic E-state index is -1.23. The quantitative estimate of drug-likeness (QED) is 0.514. The number of phenolic OH excluding ortho intramolecular Hbond substituents is 1. The minimum Gasteiger partial charge on any atom is -0.505 e. The van der Waals surface area contributed by atoms with Crippen molar-refractivity contribution in [2.45, 2.75) is 6.92 Å². The van der Waals surface area contributed by atoms with Gasteiger partial charge in [0.1, 0.15) is 5.56 Å². The van der Waals surface area contributed by atoms with E-state index in [0.29, 0.717) is 16.8 Å². The van der Waals surface area contributed by atoms with E-state index in [0.717, 1.165) is 0 Å². The fourth-order valence-electron chi connectivity index (χ4n) is 2.83. The normalized spacial score (nSPS) is 13.6. The van der Waals surface area contributed by atoms with E-state index in [9.17, 15) is 19.8 Å². The molecule has 1 aliphatic heterocycles. The fourth-order valence-corrected chi connectivity index (χ4v) is 2.83. The SMILES string of the molecule is COc1cc(/C=C2\C=Cc3ccc(C(=O)O)c(O)c3N2)cc(NC(C)=O)c1O. The molecule has 144 valence electrons. The molecular weight excluding hydrogens is 364 g/mol. The number of aromatic carboxylic acids is 1. The maximum absolute atomic E-state index is 11.4. The molecule has 5 N–H and O–H groups in total. The van der Waals surface area contributed by atoms with Gasteiger partial charge in [0, 0.05) is 18.2 Å². The Morgan fingerprint density at radius 1 is 1.14 bits per heavy atom. The first-order valence-corrected chi connectivity index (χ1v) is 8.24. The lowest BCUT2D eigenvalue weighted by molar-refractivity contribution is -0.114. The number of carboxylic acids is 1. The number of benzene rings is 2. The van der Waals surface area contributed by atoms with Gasteiger partial charge in [0.2, 0.25) is 5.91 Å². The van der Waals surface area contributed by atoms with Crippen LogP contribution in [0.15, 0.2) is 36.0 Å². The number of nitrogens with one attached hydrogen (secondary N) is 2. The molecule has 0 aliphatic carbocycles. The zero-order chi connectivity index (χ0) is 20.4. The molecule has 1 aliphatic rings. The Bertz CT molecular complexity index is 1040. The molecule has 1 heterocycles. The van der Waals surface area contributed by atoms with Gasteiger partial charge in [-0.3, -0.25) is 4.79 Å². The molecular formula is C20H18N2O6. The van der Waals surface area contributed by atoms with E-state index in [2.05, 4.69) is 10.6 Å². The van der Waals surface area contributed by atoms with Crippen LogP contribution in [0.2, 0.25) is 0 Å². The number of carboxylic acid groups (broad SMARTS) is 1. The second-order valence-electron chi connectivity index (χ2n) is 6.09. The van der Waals surface area contributed by atoms with Gasteiger partial charge in [-0.2, -0.15) is 0 Å². The summed E-state index contributed by atoms with van der Waals surface area (Å²) < 4.78 is 5.14. The van der Waals surface area contributed by atoms with Gasteiger partial charge in [-0.25, -0.2) is 4.79 Å². The molecule has 1 amide bonds. The van der Waals surface area contributed by atoms with Crippen LogP contribution < -0.4 is 15.4 Å². The van der Waals surface area contributed by atoms with Gasteiger partial charge >= 0.3 is 5.97 Å². The number of anilines is 2. The van der Waals surface area contributed by atoms with E-state index >= 15 is 0 Å². The number of methoxy groups -OCH3 is 1. The largest absolute Gasteiger partial charge is 0.505 e. The van der Waals surface area contributed by atoms with Gasteiger partial charge in [-0.15, -0.1) is 0 Å². The van der Waals surface area contributed by atoms with Crippen LogP contribution in [0.3, 0.4) is 0 Å². The molecule has 28 heavy (non-hydrogen) atoms. The summed E-state index contributed by atoms with van der Waals surface area (Å²) in [6.45, 7) is 1.32. The Balaban J connectivity index is 2.01. The standard InChI is InChI=1S/C20H18N2O6/c1-10(23)21-15-8-11(9-16(28-2)19(15)25)7-13-5-3-12-4-6-14(20(26)27)18(24)17(12)22-13/h3-9,22,24-25H,1-2H3,(H,21,23)(H,26,27)/b13-7+. The number of ether oxygens (including phenoxy) is 1. The highest BCUT2D eigenvalue weighted by molar-refractivity contribution is 5.96. The fraction of sp³-hybridized carbons (Fsp3) is 0.100. The molecule has 2 aromatic carbocycles. The van der Waals surface area contributed by atoms with Crippen molar-refractivity contribution < 1.29 is 29.6 Å². The maximum atomic E-state index is 11.4. The molecule has 0 saturated heterocycles. The number of aromatic hydroxyl groups is 2. The highest BCUT2D eigenvalue weighted by Gasteiger charge is 2.19. The number of amides is 1. The van der Waals surface area contributed by atoms with Crippen molar-refractivity contribution in [1.29, 1.82) is 0 Å². The second kappa shape index (κ2) is 7.36. The molecule has 0 bridgehead atoms. The molecule has 3 rings (SSSR count). The molecule has 8 nitrogen and oxygen atoms in total. The number of fused-ring (bicyclic) bond motifs is 1. The van der Waals surface area contributed by atoms with Crippen LogP contribution in [0.1, 0.15) is 28.4 Å². The second-order valence-corrected chi connectivity index (χ2v) is 6.09. The average molecular weight is 382 g/mol. The maximum Gasteiger partial charge on any atom is 0.339 e. The number of hydrogen-bond acceptors (Lipinski definition) is 6. The lowest BCUT2D eigenvalue weighted by Gasteiger charge is -2.18. The number of allylic oxidation sites excluding steroid dienone is 1. The Morgan fingerprint density at radius 3 is 2.54 bits per heavy atom. The summed E-state index contributed by atoms with van der Waals surface area (Å²) in [5, 5.41) is 35.1. The van der Waals surface area contributed by atoms with E-state index in [-0.39, 0.29) is 40.1 Å². The number of phenols is 2. The van der Waals surface area contributed by atoms with Gasteiger partial charge in [0.05, 0.1) is 18.5 Å². The number of hydrogen-bond donors (Lipinski definition) is 5. The highest BCUT2D eigenvalue weighted by atomic mass is 16.5. The molecule has 0 saturated carbocycles. The van der Waals surface area contributed by atoms with Crippen LogP contribution in [-0.2, 0) is 4.79 Å². The molecule has 8 heteroatoms. The van der Waals surface area contributed by atoms with Crippen molar-refractivity contribution in [3.8, 4) is 17.2 Å². The van der Waals surface area contributed by atoms with Gasteiger partial charge in [0.15, 0.2) is 17.2 Å². The number of carbonyl (C=O) groups is 2. The molecule has 0 aromatic heterocycles. The summed E-state index contributed by atoms with van der Waals surface area (Å²) in [6, 6.07) is 6.07. The third kappa shape index (κ3) is 3.61. The molecule has 0 radical (unpaired) electrons. The van der Waals surface area contributed by atoms with Gasteiger partial charge in [0.25, 0.3) is 0 Å². The molecule has 0 unspecified atom stereocenters. The van der Waals surface area contributed by atoms with E-state index in [1.54, 1.807) is 36.4 Å². The van der Waals surface area contributed by atoms with E-state index in [1.165, 1.54) is 20.1 Å². The third-order valence-electron chi connectivity index (χ3n) is 4.10. The van der Waals surface area contributed by atoms with Gasteiger partial charge in [-0.05, 0) is 35.9 Å². The van der Waals surface area contributed by atoms with Crippen molar-refractivity contribution in [2.75, 3.05) is 17.7 Å². The van der Waals surface area contributed by atoms with Crippen LogP contribution in [0.4, 0.5) is 11.4 Å². The monoisotopic (exact) mass is 382 g/mol. The number of carbonyl (C=O) groups excluding carboxylic acids is 1. The Morgan fingerprint density at radius 2 is 1.89 bits per heavy atom. The van der Waals surface area contributed by atoms with Gasteiger partial charge in [-0.1, -0.05) is 12.1 Å². The first kappa shape index (κ1) is 18.8. The van der Waals surface area contributed by atoms with Crippen LogP contribution in [-0.4, -0.2) is 34.3 Å². The summed E-state index contributed by atoms with van der Waals surface area (Å²) in [5.41, 5.74) is 2.06. The Labute approximate surface area is 160 Å². The predicted octanol–water partition coefficient (Wildman–Crippen LogP) is 3.24. The zero-order valence-electron chi connectivity index (χ0n) is 15.1. The summed E-state index contributed by atoms with van der Waals surface area (Å²) >= 11 is 0. The zero-order valence-corrected chi connectivity index (χ0v) is 15.1. The smallest absolute Gasteiger partial charge is 0.339 e. The molecule has 0 atom stereocenters. The lowest BCUT2D eigenvalue weighted by Crippen LogP contribution is -2.07. The topological polar surface area (TPSA) is 128 Å². The van der Waals surface area contributed by atoms with Crippen molar-refractivity contribution in [2.24, 2.45) is 0 Å². The molecule has 2 aromatic rings. The summed E-state index contributed by atoms with van der Waals surface area (Å²) in [4.78, 5) is 22.6. The summed E-state index contributed by atoms with van der Waals surface area (Å²) in [6.07, 6.45) is 5.18. The number of rotatable bonds is 4. The Hall–Kier alpha value is -3.94. The van der Waals surface area contributed by atoms with E-state index < -0.39 is 5.97 Å². The lowest BCUT2D eigenvalue weighted by atomic mass is 10.0. The van der Waals surface area contributed by atoms with Gasteiger partial charge < -0.3 is 30.7 Å². The summed E-state index contributed by atoms with van der Waals surface area (Å²) in [5.74, 6) is -1.96. The molecule has 0 fully saturated rings. The van der Waals surface area contributed by atoms with Crippen LogP contribution in [0.25, 0.3) is 12.2 Å². The Kier molecular flexibility index (Phi) is 4.95.